The minimum Gasteiger partial charge on any atom is -0.393 e. The number of hydrogen-bond donors (Lipinski definition) is 1. The molecule has 1 saturated heterocycles. The van der Waals surface area contributed by atoms with Gasteiger partial charge >= 0.3 is 0 Å². The van der Waals surface area contributed by atoms with Gasteiger partial charge in [0, 0.05) is 13.1 Å². The highest BCUT2D eigenvalue weighted by molar-refractivity contribution is 6.32. The van der Waals surface area contributed by atoms with Crippen LogP contribution in [0.1, 0.15) is 30.4 Å². The fourth-order valence-electron chi connectivity index (χ4n) is 2.38. The third-order valence-corrected chi connectivity index (χ3v) is 4.34. The number of halogens is 3. The third kappa shape index (κ3) is 6.16. The summed E-state index contributed by atoms with van der Waals surface area (Å²) in [6, 6.07) is 3.87. The average Bonchev–Trinajstić information content (AvgIpc) is 2.87. The van der Waals surface area contributed by atoms with E-state index in [0.29, 0.717) is 24.3 Å². The van der Waals surface area contributed by atoms with E-state index in [9.17, 15) is 5.11 Å². The number of rotatable bonds is 1. The minimum absolute atomic E-state index is 0.0454. The normalized spacial score (nSPS) is 16.4. The van der Waals surface area contributed by atoms with Gasteiger partial charge in [0.2, 0.25) is 10.6 Å². The van der Waals surface area contributed by atoms with Crippen LogP contribution in [-0.2, 0) is 0 Å². The lowest BCUT2D eigenvalue weighted by Crippen LogP contribution is -2.26. The molecule has 1 N–H and O–H groups in total. The van der Waals surface area contributed by atoms with E-state index in [1.807, 2.05) is 4.90 Å². The van der Waals surface area contributed by atoms with Crippen LogP contribution in [-0.4, -0.2) is 44.2 Å². The summed E-state index contributed by atoms with van der Waals surface area (Å²) in [5.41, 5.74) is 0.650. The van der Waals surface area contributed by atoms with Gasteiger partial charge in [0.15, 0.2) is 11.0 Å². The Balaban J connectivity index is 0.000000223. The Hall–Kier alpha value is -2.23. The second-order valence-corrected chi connectivity index (χ2v) is 6.55. The topological polar surface area (TPSA) is 123 Å². The Bertz CT molecular complexity index is 881. The van der Waals surface area contributed by atoms with Crippen molar-refractivity contribution in [1.29, 1.82) is 10.5 Å². The second-order valence-electron chi connectivity index (χ2n) is 5.52. The Labute approximate surface area is 171 Å². The van der Waals surface area contributed by atoms with Crippen molar-refractivity contribution in [3.8, 4) is 12.1 Å². The molecule has 140 valence electrons. The number of hydrogen-bond acceptors (Lipinski definition) is 8. The number of aliphatic hydroxyl groups is 1. The molecule has 0 aromatic carbocycles. The summed E-state index contributed by atoms with van der Waals surface area (Å²) < 4.78 is 0. The number of aliphatic hydroxyl groups excluding tert-OH is 1. The van der Waals surface area contributed by atoms with Crippen LogP contribution in [0, 0.1) is 22.7 Å². The molecule has 1 fully saturated rings. The third-order valence-electron chi connectivity index (χ3n) is 3.69. The molecule has 0 amide bonds. The molecule has 2 aromatic rings. The quantitative estimate of drug-likeness (QED) is 0.545. The number of nitrogens with zero attached hydrogens (tertiary/aromatic N) is 7. The summed E-state index contributed by atoms with van der Waals surface area (Å²) >= 11 is 16.6. The van der Waals surface area contributed by atoms with Crippen molar-refractivity contribution < 1.29 is 5.11 Å². The number of aromatic nitrogens is 4. The van der Waals surface area contributed by atoms with E-state index in [1.54, 1.807) is 6.07 Å². The lowest BCUT2D eigenvalue weighted by molar-refractivity contribution is 0.161. The van der Waals surface area contributed by atoms with Crippen LogP contribution in [0.4, 0.5) is 5.82 Å². The van der Waals surface area contributed by atoms with Gasteiger partial charge in [0.1, 0.15) is 23.3 Å². The van der Waals surface area contributed by atoms with Crippen molar-refractivity contribution in [1.82, 2.24) is 19.9 Å². The molecule has 27 heavy (non-hydrogen) atoms. The molecule has 0 aliphatic carbocycles. The fraction of sp³-hybridized carbons (Fsp3) is 0.375. The molecule has 0 bridgehead atoms. The Morgan fingerprint density at radius 1 is 0.963 bits per heavy atom. The maximum absolute atomic E-state index is 9.58. The predicted molar refractivity (Wildman–Crippen MR) is 101 cm³/mol. The van der Waals surface area contributed by atoms with Crippen LogP contribution >= 0.6 is 34.8 Å². The summed E-state index contributed by atoms with van der Waals surface area (Å²) in [6.07, 6.45) is 4.81. The Morgan fingerprint density at radius 3 is 2.22 bits per heavy atom. The average molecular weight is 427 g/mol. The van der Waals surface area contributed by atoms with E-state index >= 15 is 0 Å². The lowest BCUT2D eigenvalue weighted by Gasteiger charge is -2.22. The van der Waals surface area contributed by atoms with Crippen LogP contribution in [0.25, 0.3) is 0 Å². The molecule has 3 rings (SSSR count). The van der Waals surface area contributed by atoms with Gasteiger partial charge in [0.05, 0.1) is 18.5 Å². The van der Waals surface area contributed by atoms with E-state index in [4.69, 9.17) is 45.3 Å². The van der Waals surface area contributed by atoms with Gasteiger partial charge in [-0.2, -0.15) is 15.5 Å². The van der Waals surface area contributed by atoms with E-state index < -0.39 is 0 Å². The number of nitriles is 2. The van der Waals surface area contributed by atoms with Gasteiger partial charge in [0.25, 0.3) is 0 Å². The smallest absolute Gasteiger partial charge is 0.224 e. The molecule has 0 radical (unpaired) electrons. The lowest BCUT2D eigenvalue weighted by atomic mass is 10.2. The summed E-state index contributed by atoms with van der Waals surface area (Å²) in [6.45, 7) is 1.46. The van der Waals surface area contributed by atoms with Crippen LogP contribution in [0.15, 0.2) is 12.4 Å². The summed E-state index contributed by atoms with van der Waals surface area (Å²) in [5.74, 6) is 0.571. The molecule has 1 aliphatic rings. The van der Waals surface area contributed by atoms with Crippen molar-refractivity contribution >= 4 is 40.6 Å². The van der Waals surface area contributed by atoms with Crippen molar-refractivity contribution in [3.63, 3.8) is 0 Å². The predicted octanol–water partition coefficient (Wildman–Crippen LogP) is 3.01. The van der Waals surface area contributed by atoms with Crippen LogP contribution in [0.5, 0.6) is 0 Å². The first-order valence-electron chi connectivity index (χ1n) is 7.88. The molecular formula is C16H14Cl3N7O. The van der Waals surface area contributed by atoms with Gasteiger partial charge in [-0.05, 0) is 42.5 Å². The van der Waals surface area contributed by atoms with E-state index in [-0.39, 0.29) is 27.4 Å². The summed E-state index contributed by atoms with van der Waals surface area (Å²) in [5, 5.41) is 27.2. The fourth-order valence-corrected chi connectivity index (χ4v) is 2.86. The first-order chi connectivity index (χ1) is 12.9. The SMILES string of the molecule is N#Cc1cnc(Cl)nc1Cl.N#Cc1cnc(Cl)nc1N1CCCC(O)CC1. The maximum Gasteiger partial charge on any atom is 0.224 e. The zero-order chi connectivity index (χ0) is 19.8. The summed E-state index contributed by atoms with van der Waals surface area (Å²) in [7, 11) is 0. The Kier molecular flexibility index (Phi) is 7.96. The van der Waals surface area contributed by atoms with Gasteiger partial charge in [-0.25, -0.2) is 15.0 Å². The molecule has 3 heterocycles. The largest absolute Gasteiger partial charge is 0.393 e. The molecular weight excluding hydrogens is 413 g/mol. The van der Waals surface area contributed by atoms with Gasteiger partial charge < -0.3 is 10.0 Å². The first kappa shape index (κ1) is 21.1. The first-order valence-corrected chi connectivity index (χ1v) is 9.01. The van der Waals surface area contributed by atoms with E-state index in [2.05, 4.69) is 26.0 Å². The van der Waals surface area contributed by atoms with E-state index in [0.717, 1.165) is 19.4 Å². The van der Waals surface area contributed by atoms with Crippen molar-refractivity contribution in [2.75, 3.05) is 18.0 Å². The van der Waals surface area contributed by atoms with E-state index in [1.165, 1.54) is 12.4 Å². The Morgan fingerprint density at radius 2 is 1.59 bits per heavy atom. The standard InChI is InChI=1S/C11H13ClN4O.C5HCl2N3/c12-11-14-7-8(6-13)10(15-11)16-4-1-2-9(17)3-5-16;6-4-3(1-8)2-9-5(7)10-4/h7,9,17H,1-5H2;2H. The second kappa shape index (κ2) is 10.2. The van der Waals surface area contributed by atoms with Gasteiger partial charge in [-0.15, -0.1) is 0 Å². The molecule has 1 unspecified atom stereocenters. The van der Waals surface area contributed by atoms with Gasteiger partial charge in [-0.3, -0.25) is 0 Å². The van der Waals surface area contributed by atoms with Crippen molar-refractivity contribution in [2.45, 2.75) is 25.4 Å². The van der Waals surface area contributed by atoms with Crippen molar-refractivity contribution in [3.05, 3.63) is 39.2 Å². The highest BCUT2D eigenvalue weighted by Gasteiger charge is 2.19. The van der Waals surface area contributed by atoms with Crippen LogP contribution in [0.3, 0.4) is 0 Å². The zero-order valence-electron chi connectivity index (χ0n) is 14.0. The van der Waals surface area contributed by atoms with Crippen LogP contribution in [0.2, 0.25) is 15.7 Å². The highest BCUT2D eigenvalue weighted by Crippen LogP contribution is 2.22. The van der Waals surface area contributed by atoms with Crippen LogP contribution < -0.4 is 4.90 Å². The molecule has 0 spiro atoms. The van der Waals surface area contributed by atoms with Crippen molar-refractivity contribution in [2.24, 2.45) is 0 Å². The minimum atomic E-state index is -0.261. The van der Waals surface area contributed by atoms with Gasteiger partial charge in [-0.1, -0.05) is 11.6 Å². The molecule has 1 aliphatic heterocycles. The summed E-state index contributed by atoms with van der Waals surface area (Å²) in [4.78, 5) is 17.0. The highest BCUT2D eigenvalue weighted by atomic mass is 35.5. The molecule has 11 heteroatoms. The number of anilines is 1. The molecule has 8 nitrogen and oxygen atoms in total. The molecule has 1 atom stereocenters. The molecule has 0 saturated carbocycles. The monoisotopic (exact) mass is 425 g/mol. The maximum atomic E-state index is 9.58. The zero-order valence-corrected chi connectivity index (χ0v) is 16.2. The molecule has 2 aromatic heterocycles.